The van der Waals surface area contributed by atoms with Crippen molar-refractivity contribution >= 4 is 40.2 Å². The number of benzene rings is 4. The van der Waals surface area contributed by atoms with E-state index in [1.165, 1.54) is 14.2 Å². The summed E-state index contributed by atoms with van der Waals surface area (Å²) in [7, 11) is 6.56. The van der Waals surface area contributed by atoms with E-state index in [-0.39, 0.29) is 36.5 Å². The Bertz CT molecular complexity index is 3180. The molecular weight excluding hydrogens is 1260 g/mol. The molecule has 530 valence electrons. The molecule has 22 heteroatoms. The van der Waals surface area contributed by atoms with Crippen molar-refractivity contribution in [3.8, 4) is 46.3 Å². The molecule has 0 aromatic heterocycles. The van der Waals surface area contributed by atoms with Gasteiger partial charge in [-0.05, 0) is 124 Å². The number of ether oxygens (including phenoxy) is 16. The molecule has 2 unspecified atom stereocenters. The van der Waals surface area contributed by atoms with Crippen LogP contribution in [-0.4, -0.2) is 169 Å². The van der Waals surface area contributed by atoms with Crippen molar-refractivity contribution in [2.75, 3.05) is 82.7 Å². The van der Waals surface area contributed by atoms with Crippen LogP contribution >= 0.6 is 0 Å². The van der Waals surface area contributed by atoms with Crippen LogP contribution in [0.4, 0.5) is 0 Å². The smallest absolute Gasteiger partial charge is 0.342 e. The van der Waals surface area contributed by atoms with Gasteiger partial charge in [-0.3, -0.25) is 0 Å². The minimum Gasteiger partial charge on any atom is -0.497 e. The molecule has 0 saturated carbocycles. The molecule has 2 N–H and O–H groups in total. The summed E-state index contributed by atoms with van der Waals surface area (Å²) < 4.78 is 90.7. The minimum absolute atomic E-state index is 0.0473. The molecule has 0 aliphatic carbocycles. The lowest BCUT2D eigenvalue weighted by molar-refractivity contribution is -0.152. The second-order valence-electron chi connectivity index (χ2n) is 26.9. The average molecular weight is 1370 g/mol. The van der Waals surface area contributed by atoms with Crippen LogP contribution in [0.15, 0.2) is 97.1 Å². The summed E-state index contributed by atoms with van der Waals surface area (Å²) >= 11 is 0. The van der Waals surface area contributed by atoms with Crippen LogP contribution in [-0.2, 0) is 60.6 Å². The van der Waals surface area contributed by atoms with Gasteiger partial charge in [-0.25, -0.2) is 9.59 Å². The van der Waals surface area contributed by atoms with Crippen molar-refractivity contribution in [1.29, 1.82) is 0 Å². The average Bonchev–Trinajstić information content (AvgIpc) is 1.07. The van der Waals surface area contributed by atoms with Gasteiger partial charge >= 0.3 is 11.9 Å². The summed E-state index contributed by atoms with van der Waals surface area (Å²) in [4.78, 5) is 26.7. The second kappa shape index (κ2) is 39.1. The Morgan fingerprint density at radius 2 is 0.969 bits per heavy atom. The van der Waals surface area contributed by atoms with Crippen molar-refractivity contribution in [3.63, 3.8) is 0 Å². The molecular formula is C74H106O20Si2. The molecule has 2 aliphatic heterocycles. The van der Waals surface area contributed by atoms with Crippen molar-refractivity contribution in [2.24, 2.45) is 11.8 Å². The van der Waals surface area contributed by atoms with Gasteiger partial charge in [0.2, 0.25) is 0 Å². The van der Waals surface area contributed by atoms with Gasteiger partial charge in [-0.2, -0.15) is 0 Å². The number of carbonyl (C=O) groups is 2. The summed E-state index contributed by atoms with van der Waals surface area (Å²) in [6.07, 6.45) is 7.59. The molecule has 2 saturated heterocycles. The number of aliphatic hydroxyl groups excluding tert-OH is 2. The topological polar surface area (TPSA) is 222 Å². The fraction of sp³-hybridized carbons (Fsp3) is 0.541. The molecule has 96 heavy (non-hydrogen) atoms. The highest BCUT2D eigenvalue weighted by Crippen LogP contribution is 2.37. The van der Waals surface area contributed by atoms with Crippen LogP contribution in [0.3, 0.4) is 0 Å². The largest absolute Gasteiger partial charge is 0.497 e. The highest BCUT2D eigenvalue weighted by atomic mass is 28.3. The zero-order valence-corrected chi connectivity index (χ0v) is 61.7. The molecule has 0 spiro atoms. The fourth-order valence-electron chi connectivity index (χ4n) is 9.96. The van der Waals surface area contributed by atoms with Gasteiger partial charge in [0.15, 0.2) is 25.2 Å². The molecule has 4 aromatic carbocycles. The third kappa shape index (κ3) is 27.7. The maximum atomic E-state index is 13.4. The van der Waals surface area contributed by atoms with Crippen LogP contribution in [0.25, 0.3) is 12.2 Å². The van der Waals surface area contributed by atoms with Crippen molar-refractivity contribution in [3.05, 3.63) is 130 Å². The molecule has 2 aliphatic rings. The summed E-state index contributed by atoms with van der Waals surface area (Å²) in [5.41, 5.74) is 3.76. The summed E-state index contributed by atoms with van der Waals surface area (Å²) in [6, 6.07) is 23.9. The van der Waals surface area contributed by atoms with Crippen LogP contribution in [0.2, 0.25) is 51.4 Å². The normalized spacial score (nSPS) is 18.8. The number of hydrogen-bond acceptors (Lipinski definition) is 20. The van der Waals surface area contributed by atoms with Crippen molar-refractivity contribution in [2.45, 2.75) is 167 Å². The molecule has 0 amide bonds. The predicted octanol–water partition coefficient (Wildman–Crippen LogP) is 13.2. The summed E-state index contributed by atoms with van der Waals surface area (Å²) in [6.45, 7) is 27.0. The van der Waals surface area contributed by atoms with E-state index in [2.05, 4.69) is 51.1 Å². The molecule has 4 aromatic rings. The number of methoxy groups -OCH3 is 6. The van der Waals surface area contributed by atoms with E-state index in [9.17, 15) is 19.8 Å². The SMILES string of the molecule is COCOc1cc(OC)cc(/C=C/C[C@@H]2OC(C)(C)O[C@@H]2C(O)/C=C\[C@H](C)COCc2ccc(OC)cc2)c1C(=O)OCC[Si](C)(C)C.COCOc1cc(OC)cc(/C=C/C[C@@H]2OC(C)(C)O[C@@H]2C(O)C#C[C@H](C)COCc2ccc(OC)cc2)c1C(=O)OCC[Si](C)(C)C. The van der Waals surface area contributed by atoms with Gasteiger partial charge < -0.3 is 86.0 Å². The molecule has 20 nitrogen and oxygen atoms in total. The molecule has 6 rings (SSSR count). The monoisotopic (exact) mass is 1370 g/mol. The molecule has 2 heterocycles. The van der Waals surface area contributed by atoms with Gasteiger partial charge in [0.25, 0.3) is 0 Å². The number of hydrogen-bond donors (Lipinski definition) is 2. The van der Waals surface area contributed by atoms with E-state index < -0.39 is 76.3 Å². The Labute approximate surface area is 571 Å². The van der Waals surface area contributed by atoms with Crippen LogP contribution in [0.1, 0.15) is 97.4 Å². The van der Waals surface area contributed by atoms with Gasteiger partial charge in [0, 0.05) is 48.4 Å². The number of esters is 2. The Morgan fingerprint density at radius 3 is 1.39 bits per heavy atom. The Balaban J connectivity index is 0.000000347. The quantitative estimate of drug-likeness (QED) is 0.0142. The highest BCUT2D eigenvalue weighted by Gasteiger charge is 2.45. The zero-order chi connectivity index (χ0) is 70.6. The van der Waals surface area contributed by atoms with Gasteiger partial charge in [-0.1, -0.05) is 119 Å². The minimum atomic E-state index is -1.41. The number of rotatable bonds is 36. The third-order valence-electron chi connectivity index (χ3n) is 15.1. The summed E-state index contributed by atoms with van der Waals surface area (Å²) in [5.74, 6) is 6.42. The molecule has 8 atom stereocenters. The van der Waals surface area contributed by atoms with Crippen molar-refractivity contribution < 1.29 is 95.6 Å². The first kappa shape index (κ1) is 80.1. The standard InChI is InChI=1S/C37H54O10Si.C37H52O10Si/c2*1-26(23-43-24-27-14-16-29(41-5)17-15-27)13-18-31(38)35-32(46-37(2,3)47-35)12-10-11-28-21-30(42-6)22-33(45-25-40-4)34(28)36(39)44-19-20-48(7,8)9/h10-11,13-18,21-22,26,31-32,35,38H,12,19-20,23-25H2,1-9H3;10-11,14-17,21-22,26,31-32,35,38H,12,19-20,23-25H2,1-9H3/b11-10+,18-13-;11-10+/t2*26-,31?,32-,35+/m00/s1. The van der Waals surface area contributed by atoms with E-state index in [0.29, 0.717) is 86.6 Å². The molecule has 2 fully saturated rings. The first-order valence-corrected chi connectivity index (χ1v) is 39.9. The first-order valence-electron chi connectivity index (χ1n) is 32.5. The van der Waals surface area contributed by atoms with Crippen LogP contribution in [0.5, 0.6) is 34.5 Å². The Kier molecular flexibility index (Phi) is 32.7. The summed E-state index contributed by atoms with van der Waals surface area (Å²) in [5, 5.41) is 22.2. The molecule has 0 bridgehead atoms. The number of carbonyl (C=O) groups excluding carboxylic acids is 2. The third-order valence-corrected chi connectivity index (χ3v) is 18.5. The van der Waals surface area contributed by atoms with Gasteiger partial charge in [0.05, 0.1) is 80.3 Å². The Morgan fingerprint density at radius 1 is 0.552 bits per heavy atom. The molecule has 0 radical (unpaired) electrons. The maximum Gasteiger partial charge on any atom is 0.342 e. The Hall–Kier alpha value is -6.57. The maximum absolute atomic E-state index is 13.4. The van der Waals surface area contributed by atoms with E-state index >= 15 is 0 Å². The highest BCUT2D eigenvalue weighted by molar-refractivity contribution is 6.76. The zero-order valence-electron chi connectivity index (χ0n) is 59.7. The van der Waals surface area contributed by atoms with Crippen molar-refractivity contribution in [1.82, 2.24) is 0 Å². The second-order valence-corrected chi connectivity index (χ2v) is 38.2. The lowest BCUT2D eigenvalue weighted by atomic mass is 10.0. The van der Waals surface area contributed by atoms with Crippen LogP contribution in [0, 0.1) is 23.7 Å². The van der Waals surface area contributed by atoms with E-state index in [1.54, 1.807) is 78.7 Å². The predicted molar refractivity (Wildman–Crippen MR) is 375 cm³/mol. The van der Waals surface area contributed by atoms with Crippen LogP contribution < -0.4 is 28.4 Å². The van der Waals surface area contributed by atoms with E-state index in [1.807, 2.05) is 101 Å². The first-order chi connectivity index (χ1) is 45.5. The lowest BCUT2D eigenvalue weighted by Gasteiger charge is -2.20. The fourth-order valence-corrected chi connectivity index (χ4v) is 11.4. The van der Waals surface area contributed by atoms with Gasteiger partial charge in [0.1, 0.15) is 70.0 Å². The van der Waals surface area contributed by atoms with E-state index in [0.717, 1.165) is 34.7 Å². The van der Waals surface area contributed by atoms with Gasteiger partial charge in [-0.15, -0.1) is 0 Å². The number of aliphatic hydroxyl groups is 2. The van der Waals surface area contributed by atoms with E-state index in [4.69, 9.17) is 75.8 Å². The lowest BCUT2D eigenvalue weighted by Crippen LogP contribution is -2.34.